The van der Waals surface area contributed by atoms with Crippen LogP contribution >= 0.6 is 34.3 Å². The molecule has 178 valence electrons. The fourth-order valence-corrected chi connectivity index (χ4v) is 6.23. The van der Waals surface area contributed by atoms with Crippen LogP contribution in [0, 0.1) is 0 Å². The van der Waals surface area contributed by atoms with E-state index in [-0.39, 0.29) is 16.4 Å². The summed E-state index contributed by atoms with van der Waals surface area (Å²) in [6.45, 7) is 4.23. The first kappa shape index (κ1) is 23.5. The molecule has 0 aliphatic carbocycles. The number of methoxy groups -OCH3 is 1. The van der Waals surface area contributed by atoms with Gasteiger partial charge >= 0.3 is 5.91 Å². The predicted octanol–water partition coefficient (Wildman–Crippen LogP) is 6.77. The van der Waals surface area contributed by atoms with Gasteiger partial charge in [-0.2, -0.15) is 0 Å². The van der Waals surface area contributed by atoms with Gasteiger partial charge in [-0.3, -0.25) is 14.5 Å². The summed E-state index contributed by atoms with van der Waals surface area (Å²) in [6.07, 6.45) is 0. The minimum absolute atomic E-state index is 0.000749. The van der Waals surface area contributed by atoms with Crippen LogP contribution < -0.4 is 9.64 Å². The van der Waals surface area contributed by atoms with Crippen molar-refractivity contribution in [1.82, 2.24) is 4.98 Å². The van der Waals surface area contributed by atoms with Crippen LogP contribution in [0.15, 0.2) is 59.5 Å². The van der Waals surface area contributed by atoms with E-state index in [0.29, 0.717) is 22.4 Å². The molecule has 6 nitrogen and oxygen atoms in total. The quantitative estimate of drug-likeness (QED) is 0.177. The third-order valence-electron chi connectivity index (χ3n) is 5.96. The number of hydrogen-bond donors (Lipinski definition) is 1. The third-order valence-corrected chi connectivity index (χ3v) is 8.19. The number of halogens is 1. The Balaban J connectivity index is 1.67. The minimum Gasteiger partial charge on any atom is -0.507 e. The Kier molecular flexibility index (Phi) is 6.13. The number of ether oxygens (including phenoxy) is 1. The van der Waals surface area contributed by atoms with E-state index in [0.717, 1.165) is 15.1 Å². The van der Waals surface area contributed by atoms with Crippen molar-refractivity contribution in [3.8, 4) is 5.75 Å². The molecule has 1 fully saturated rings. The Bertz CT molecular complexity index is 1490. The number of aromatic nitrogens is 1. The fourth-order valence-electron chi connectivity index (χ4n) is 4.11. The molecule has 0 radical (unpaired) electrons. The van der Waals surface area contributed by atoms with Gasteiger partial charge in [0.1, 0.15) is 17.6 Å². The summed E-state index contributed by atoms with van der Waals surface area (Å²) in [5.41, 5.74) is 2.24. The van der Waals surface area contributed by atoms with Gasteiger partial charge in [0.15, 0.2) is 5.13 Å². The number of fused-ring (bicyclic) bond motifs is 1. The summed E-state index contributed by atoms with van der Waals surface area (Å²) in [5, 5.41) is 13.8. The number of Topliss-reactive ketones (excluding diaryl/α,β-unsaturated/α-hetero) is 1. The second-order valence-corrected chi connectivity index (χ2v) is 10.8. The summed E-state index contributed by atoms with van der Waals surface area (Å²) in [7, 11) is 1.49. The Morgan fingerprint density at radius 1 is 1.17 bits per heavy atom. The molecular formula is C26H21ClN2O4S2. The largest absolute Gasteiger partial charge is 0.507 e. The second kappa shape index (κ2) is 9.11. The fraction of sp³-hybridized carbons (Fsp3) is 0.192. The highest BCUT2D eigenvalue weighted by molar-refractivity contribution is 7.22. The lowest BCUT2D eigenvalue weighted by Crippen LogP contribution is -2.28. The molecule has 3 heterocycles. The van der Waals surface area contributed by atoms with Crippen LogP contribution in [0.25, 0.3) is 16.0 Å². The second-order valence-electron chi connectivity index (χ2n) is 8.41. The third kappa shape index (κ3) is 4.01. The number of carbonyl (C=O) groups is 2. The molecule has 0 spiro atoms. The Morgan fingerprint density at radius 3 is 2.63 bits per heavy atom. The van der Waals surface area contributed by atoms with Crippen molar-refractivity contribution in [1.29, 1.82) is 0 Å². The number of thiophene rings is 1. The molecule has 0 saturated carbocycles. The topological polar surface area (TPSA) is 79.7 Å². The predicted molar refractivity (Wildman–Crippen MR) is 141 cm³/mol. The van der Waals surface area contributed by atoms with Crippen LogP contribution in [0.5, 0.6) is 5.75 Å². The zero-order valence-electron chi connectivity index (χ0n) is 19.1. The molecule has 1 aliphatic heterocycles. The van der Waals surface area contributed by atoms with Gasteiger partial charge in [0.05, 0.1) is 27.9 Å². The van der Waals surface area contributed by atoms with Crippen LogP contribution in [-0.4, -0.2) is 28.9 Å². The first-order valence-corrected chi connectivity index (χ1v) is 13.0. The number of anilines is 1. The van der Waals surface area contributed by atoms with Gasteiger partial charge in [-0.15, -0.1) is 11.3 Å². The number of hydrogen-bond acceptors (Lipinski definition) is 7. The molecule has 1 amide bonds. The first-order valence-electron chi connectivity index (χ1n) is 10.9. The highest BCUT2D eigenvalue weighted by Gasteiger charge is 2.48. The lowest BCUT2D eigenvalue weighted by Gasteiger charge is -2.21. The molecule has 1 saturated heterocycles. The average Bonchev–Trinajstić information content (AvgIpc) is 3.56. The van der Waals surface area contributed by atoms with Gasteiger partial charge in [0, 0.05) is 10.4 Å². The maximum absolute atomic E-state index is 13.3. The van der Waals surface area contributed by atoms with Crippen molar-refractivity contribution in [3.63, 3.8) is 0 Å². The smallest absolute Gasteiger partial charge is 0.301 e. The van der Waals surface area contributed by atoms with E-state index in [1.54, 1.807) is 12.1 Å². The van der Waals surface area contributed by atoms with E-state index in [9.17, 15) is 14.7 Å². The number of nitrogens with zero attached hydrogens (tertiary/aromatic N) is 2. The van der Waals surface area contributed by atoms with Gasteiger partial charge in [-0.1, -0.05) is 48.9 Å². The maximum Gasteiger partial charge on any atom is 0.301 e. The van der Waals surface area contributed by atoms with Crippen molar-refractivity contribution in [2.45, 2.75) is 25.8 Å². The van der Waals surface area contributed by atoms with Gasteiger partial charge in [0.25, 0.3) is 5.78 Å². The van der Waals surface area contributed by atoms with Gasteiger partial charge in [0.2, 0.25) is 0 Å². The zero-order chi connectivity index (χ0) is 24.9. The molecule has 1 N–H and O–H groups in total. The van der Waals surface area contributed by atoms with Gasteiger partial charge in [-0.25, -0.2) is 4.98 Å². The summed E-state index contributed by atoms with van der Waals surface area (Å²) in [5.74, 6) is -1.00. The molecule has 1 aliphatic rings. The first-order chi connectivity index (χ1) is 16.8. The molecule has 4 aromatic rings. The molecule has 0 bridgehead atoms. The van der Waals surface area contributed by atoms with Gasteiger partial charge in [-0.05, 0) is 53.3 Å². The van der Waals surface area contributed by atoms with Crippen LogP contribution in [0.4, 0.5) is 5.13 Å². The molecule has 9 heteroatoms. The molecular weight excluding hydrogens is 504 g/mol. The minimum atomic E-state index is -0.805. The van der Waals surface area contributed by atoms with Crippen molar-refractivity contribution in [3.05, 3.63) is 80.5 Å². The van der Waals surface area contributed by atoms with E-state index in [2.05, 4.69) is 24.9 Å². The molecule has 2 aromatic heterocycles. The molecule has 35 heavy (non-hydrogen) atoms. The lowest BCUT2D eigenvalue weighted by atomic mass is 10.00. The maximum atomic E-state index is 13.3. The van der Waals surface area contributed by atoms with Crippen LogP contribution in [0.1, 0.15) is 41.8 Å². The normalized spacial score (nSPS) is 17.6. The number of aliphatic hydroxyl groups is 1. The molecule has 1 atom stereocenters. The SMILES string of the molecule is COc1ccc(/C(O)=C2\C(=O)C(=O)N(c3nc4ccc(C(C)C)cc4s3)C2c2cccs2)cc1Cl. The lowest BCUT2D eigenvalue weighted by molar-refractivity contribution is -0.132. The number of thiazole rings is 1. The van der Waals surface area contributed by atoms with E-state index < -0.39 is 17.7 Å². The van der Waals surface area contributed by atoms with Crippen molar-refractivity contribution < 1.29 is 19.4 Å². The number of rotatable bonds is 5. The Labute approximate surface area is 215 Å². The average molecular weight is 525 g/mol. The number of carbonyl (C=O) groups excluding carboxylic acids is 2. The Hall–Kier alpha value is -3.20. The van der Waals surface area contributed by atoms with Gasteiger partial charge < -0.3 is 9.84 Å². The van der Waals surface area contributed by atoms with Crippen molar-refractivity contribution >= 4 is 67.1 Å². The number of benzene rings is 2. The number of aliphatic hydroxyl groups excluding tert-OH is 1. The number of amides is 1. The highest BCUT2D eigenvalue weighted by atomic mass is 35.5. The Morgan fingerprint density at radius 2 is 1.97 bits per heavy atom. The van der Waals surface area contributed by atoms with E-state index >= 15 is 0 Å². The highest BCUT2D eigenvalue weighted by Crippen LogP contribution is 2.46. The summed E-state index contributed by atoms with van der Waals surface area (Å²) in [4.78, 5) is 33.4. The number of ketones is 1. The molecule has 5 rings (SSSR count). The van der Waals surface area contributed by atoms with E-state index in [4.69, 9.17) is 16.3 Å². The molecule has 2 aromatic carbocycles. The van der Waals surface area contributed by atoms with Crippen LogP contribution in [0.2, 0.25) is 5.02 Å². The summed E-state index contributed by atoms with van der Waals surface area (Å²) < 4.78 is 6.12. The zero-order valence-corrected chi connectivity index (χ0v) is 21.5. The van der Waals surface area contributed by atoms with Crippen LogP contribution in [-0.2, 0) is 9.59 Å². The van der Waals surface area contributed by atoms with Crippen molar-refractivity contribution in [2.24, 2.45) is 0 Å². The van der Waals surface area contributed by atoms with E-state index in [1.807, 2.05) is 29.6 Å². The summed E-state index contributed by atoms with van der Waals surface area (Å²) in [6, 6.07) is 13.6. The summed E-state index contributed by atoms with van der Waals surface area (Å²) >= 11 is 9.01. The van der Waals surface area contributed by atoms with Crippen LogP contribution in [0.3, 0.4) is 0 Å². The standard InChI is InChI=1S/C26H21ClN2O4S2/c1-13(2)14-6-8-17-20(12-14)35-26(28-17)29-22(19-5-4-10-34-19)21(24(31)25(29)32)23(30)15-7-9-18(33-3)16(27)11-15/h4-13,22,30H,1-3H3/b23-21+. The molecule has 1 unspecified atom stereocenters. The van der Waals surface area contributed by atoms with Crippen molar-refractivity contribution in [2.75, 3.05) is 12.0 Å². The monoisotopic (exact) mass is 524 g/mol. The van der Waals surface area contributed by atoms with E-state index in [1.165, 1.54) is 46.3 Å².